The maximum Gasteiger partial charge on any atom is 0.244 e. The Morgan fingerprint density at radius 3 is 2.84 bits per heavy atom. The van der Waals surface area contributed by atoms with Crippen molar-refractivity contribution in [3.63, 3.8) is 0 Å². The highest BCUT2D eigenvalue weighted by molar-refractivity contribution is 7.99. The van der Waals surface area contributed by atoms with Gasteiger partial charge in [-0.1, -0.05) is 31.3 Å². The maximum absolute atomic E-state index is 5.42. The van der Waals surface area contributed by atoms with E-state index >= 15 is 0 Å². The van der Waals surface area contributed by atoms with Crippen LogP contribution in [0.4, 0.5) is 0 Å². The molecule has 0 bridgehead atoms. The number of rotatable bonds is 4. The first-order valence-corrected chi connectivity index (χ1v) is 8.55. The highest BCUT2D eigenvalue weighted by Gasteiger charge is 2.29. The van der Waals surface area contributed by atoms with Crippen molar-refractivity contribution in [2.45, 2.75) is 62.5 Å². The zero-order valence-corrected chi connectivity index (χ0v) is 12.4. The molecule has 1 N–H and O–H groups in total. The SMILES string of the molecule is CC1CCNC1c1nc(CSC2CCCCC2)no1. The Kier molecular flexibility index (Phi) is 4.43. The highest BCUT2D eigenvalue weighted by Crippen LogP contribution is 2.31. The smallest absolute Gasteiger partial charge is 0.244 e. The summed E-state index contributed by atoms with van der Waals surface area (Å²) in [5.74, 6) is 3.14. The van der Waals surface area contributed by atoms with E-state index in [0.717, 1.165) is 29.3 Å². The highest BCUT2D eigenvalue weighted by atomic mass is 32.2. The van der Waals surface area contributed by atoms with Crippen LogP contribution in [-0.2, 0) is 5.75 Å². The van der Waals surface area contributed by atoms with Crippen molar-refractivity contribution in [2.24, 2.45) is 5.92 Å². The molecule has 4 nitrogen and oxygen atoms in total. The summed E-state index contributed by atoms with van der Waals surface area (Å²) in [6.45, 7) is 3.30. The number of thioether (sulfide) groups is 1. The second kappa shape index (κ2) is 6.27. The van der Waals surface area contributed by atoms with Gasteiger partial charge in [0.15, 0.2) is 5.82 Å². The molecule has 0 amide bonds. The average Bonchev–Trinajstić information content (AvgIpc) is 3.06. The van der Waals surface area contributed by atoms with E-state index in [-0.39, 0.29) is 6.04 Å². The summed E-state index contributed by atoms with van der Waals surface area (Å²) in [5, 5.41) is 8.38. The van der Waals surface area contributed by atoms with Gasteiger partial charge in [-0.25, -0.2) is 0 Å². The second-order valence-electron chi connectivity index (χ2n) is 5.82. The lowest BCUT2D eigenvalue weighted by atomic mass is 10.0. The molecule has 2 fully saturated rings. The molecule has 106 valence electrons. The fraction of sp³-hybridized carbons (Fsp3) is 0.857. The quantitative estimate of drug-likeness (QED) is 0.917. The van der Waals surface area contributed by atoms with Crippen molar-refractivity contribution in [1.82, 2.24) is 15.5 Å². The molecule has 5 heteroatoms. The molecule has 1 saturated heterocycles. The van der Waals surface area contributed by atoms with Crippen LogP contribution in [-0.4, -0.2) is 21.9 Å². The zero-order chi connectivity index (χ0) is 13.1. The molecule has 2 unspecified atom stereocenters. The molecule has 1 aliphatic carbocycles. The lowest BCUT2D eigenvalue weighted by Crippen LogP contribution is -2.16. The van der Waals surface area contributed by atoms with E-state index in [4.69, 9.17) is 4.52 Å². The minimum atomic E-state index is 0.265. The van der Waals surface area contributed by atoms with Crippen LogP contribution in [0.5, 0.6) is 0 Å². The molecule has 0 spiro atoms. The molecule has 0 radical (unpaired) electrons. The number of nitrogens with zero attached hydrogens (tertiary/aromatic N) is 2. The normalized spacial score (nSPS) is 28.9. The van der Waals surface area contributed by atoms with Gasteiger partial charge in [0, 0.05) is 5.25 Å². The summed E-state index contributed by atoms with van der Waals surface area (Å²) in [4.78, 5) is 4.57. The molecule has 19 heavy (non-hydrogen) atoms. The molecular weight excluding hydrogens is 258 g/mol. The zero-order valence-electron chi connectivity index (χ0n) is 11.6. The number of nitrogens with one attached hydrogen (secondary N) is 1. The summed E-state index contributed by atoms with van der Waals surface area (Å²) in [6, 6.07) is 0.265. The van der Waals surface area contributed by atoms with E-state index in [9.17, 15) is 0 Å². The van der Waals surface area contributed by atoms with Gasteiger partial charge in [0.05, 0.1) is 11.8 Å². The third-order valence-corrected chi connectivity index (χ3v) is 5.65. The van der Waals surface area contributed by atoms with Crippen molar-refractivity contribution in [3.8, 4) is 0 Å². The van der Waals surface area contributed by atoms with Crippen molar-refractivity contribution < 1.29 is 4.52 Å². The topological polar surface area (TPSA) is 51.0 Å². The molecule has 1 aliphatic heterocycles. The fourth-order valence-corrected chi connectivity index (χ4v) is 4.21. The summed E-state index contributed by atoms with van der Waals surface area (Å²) in [7, 11) is 0. The van der Waals surface area contributed by atoms with Crippen LogP contribution in [0.2, 0.25) is 0 Å². The van der Waals surface area contributed by atoms with Gasteiger partial charge in [0.25, 0.3) is 0 Å². The fourth-order valence-electron chi connectivity index (χ4n) is 3.04. The third kappa shape index (κ3) is 3.31. The van der Waals surface area contributed by atoms with Gasteiger partial charge in [-0.3, -0.25) is 0 Å². The van der Waals surface area contributed by atoms with E-state index in [0.29, 0.717) is 5.92 Å². The van der Waals surface area contributed by atoms with Crippen LogP contribution in [0.15, 0.2) is 4.52 Å². The summed E-state index contributed by atoms with van der Waals surface area (Å²) in [5.41, 5.74) is 0. The lowest BCUT2D eigenvalue weighted by Gasteiger charge is -2.20. The van der Waals surface area contributed by atoms with Crippen LogP contribution in [0.1, 0.15) is 63.2 Å². The van der Waals surface area contributed by atoms with Crippen LogP contribution in [0.3, 0.4) is 0 Å². The molecule has 3 rings (SSSR count). The average molecular weight is 281 g/mol. The molecule has 2 atom stereocenters. The molecule has 1 aromatic rings. The van der Waals surface area contributed by atoms with Crippen molar-refractivity contribution >= 4 is 11.8 Å². The van der Waals surface area contributed by atoms with Gasteiger partial charge < -0.3 is 9.84 Å². The minimum Gasteiger partial charge on any atom is -0.338 e. The van der Waals surface area contributed by atoms with Crippen molar-refractivity contribution in [3.05, 3.63) is 11.7 Å². The first-order valence-electron chi connectivity index (χ1n) is 7.50. The number of hydrogen-bond donors (Lipinski definition) is 1. The van der Waals surface area contributed by atoms with Gasteiger partial charge in [0.1, 0.15) is 0 Å². The largest absolute Gasteiger partial charge is 0.338 e. The van der Waals surface area contributed by atoms with Gasteiger partial charge in [0.2, 0.25) is 5.89 Å². The first-order chi connectivity index (χ1) is 9.33. The summed E-state index contributed by atoms with van der Waals surface area (Å²) < 4.78 is 5.42. The Morgan fingerprint density at radius 1 is 1.26 bits per heavy atom. The van der Waals surface area contributed by atoms with Crippen LogP contribution >= 0.6 is 11.8 Å². The maximum atomic E-state index is 5.42. The van der Waals surface area contributed by atoms with Crippen LogP contribution < -0.4 is 5.32 Å². The van der Waals surface area contributed by atoms with E-state index < -0.39 is 0 Å². The Bertz CT molecular complexity index is 403. The minimum absolute atomic E-state index is 0.265. The van der Waals surface area contributed by atoms with E-state index in [1.807, 2.05) is 11.8 Å². The van der Waals surface area contributed by atoms with Crippen molar-refractivity contribution in [2.75, 3.05) is 6.54 Å². The predicted molar refractivity (Wildman–Crippen MR) is 77.0 cm³/mol. The van der Waals surface area contributed by atoms with Gasteiger partial charge in [-0.15, -0.1) is 0 Å². The molecule has 0 aromatic carbocycles. The first kappa shape index (κ1) is 13.4. The second-order valence-corrected chi connectivity index (χ2v) is 7.11. The molecule has 2 heterocycles. The molecular formula is C14H23N3OS. The van der Waals surface area contributed by atoms with Gasteiger partial charge in [-0.2, -0.15) is 16.7 Å². The molecule has 2 aliphatic rings. The van der Waals surface area contributed by atoms with Crippen molar-refractivity contribution in [1.29, 1.82) is 0 Å². The third-order valence-electron chi connectivity index (χ3n) is 4.28. The van der Waals surface area contributed by atoms with Gasteiger partial charge >= 0.3 is 0 Å². The van der Waals surface area contributed by atoms with Gasteiger partial charge in [-0.05, 0) is 31.7 Å². The lowest BCUT2D eigenvalue weighted by molar-refractivity contribution is 0.317. The van der Waals surface area contributed by atoms with Crippen LogP contribution in [0.25, 0.3) is 0 Å². The Morgan fingerprint density at radius 2 is 2.11 bits per heavy atom. The number of aromatic nitrogens is 2. The Labute approximate surface area is 119 Å². The monoisotopic (exact) mass is 281 g/mol. The summed E-state index contributed by atoms with van der Waals surface area (Å²) >= 11 is 2.00. The molecule has 1 aromatic heterocycles. The predicted octanol–water partition coefficient (Wildman–Crippen LogP) is 3.31. The summed E-state index contributed by atoms with van der Waals surface area (Å²) in [6.07, 6.45) is 8.10. The van der Waals surface area contributed by atoms with E-state index in [1.54, 1.807) is 0 Å². The number of hydrogen-bond acceptors (Lipinski definition) is 5. The van der Waals surface area contributed by atoms with E-state index in [2.05, 4.69) is 22.4 Å². The van der Waals surface area contributed by atoms with E-state index in [1.165, 1.54) is 38.5 Å². The Balaban J connectivity index is 1.52. The molecule has 1 saturated carbocycles. The Hall–Kier alpha value is -0.550. The standard InChI is InChI=1S/C14H23N3OS/c1-10-7-8-15-13(10)14-16-12(17-18-14)9-19-11-5-3-2-4-6-11/h10-11,13,15H,2-9H2,1H3. The van der Waals surface area contributed by atoms with Crippen LogP contribution in [0, 0.1) is 5.92 Å².